The number of oxime groups is 1. The van der Waals surface area contributed by atoms with Crippen molar-refractivity contribution in [2.45, 2.75) is 6.92 Å². The van der Waals surface area contributed by atoms with Crippen LogP contribution in [0.5, 0.6) is 11.5 Å². The topological polar surface area (TPSA) is 126 Å². The van der Waals surface area contributed by atoms with Gasteiger partial charge >= 0.3 is 5.97 Å². The highest BCUT2D eigenvalue weighted by atomic mass is 16.7. The van der Waals surface area contributed by atoms with Crippen molar-refractivity contribution in [3.05, 3.63) is 59.7 Å². The van der Waals surface area contributed by atoms with Gasteiger partial charge in [0.1, 0.15) is 11.5 Å². The lowest BCUT2D eigenvalue weighted by Crippen LogP contribution is -2.20. The smallest absolute Gasteiger partial charge is 0.365 e. The number of nitrogens with zero attached hydrogens (tertiary/aromatic N) is 1. The summed E-state index contributed by atoms with van der Waals surface area (Å²) in [6.07, 6.45) is 0. The lowest BCUT2D eigenvalue weighted by atomic mass is 10.2. The third kappa shape index (κ3) is 5.52. The highest BCUT2D eigenvalue weighted by Gasteiger charge is 2.08. The third-order valence-corrected chi connectivity index (χ3v) is 3.16. The molecule has 0 bridgehead atoms. The van der Waals surface area contributed by atoms with Gasteiger partial charge in [0.2, 0.25) is 0 Å². The quantitative estimate of drug-likeness (QED) is 0.318. The first-order valence-electron chi connectivity index (χ1n) is 7.78. The Labute approximate surface area is 150 Å². The Morgan fingerprint density at radius 1 is 0.885 bits per heavy atom. The standard InChI is InChI=1S/C18H19N3O5/c1-2-24-14-9-5-13(6-10-14)18(23)26-21-17(20)12-3-7-15(8-4-12)25-11-16(19)22/h3-10H,2,11H2,1H3,(H2,19,22)(H2,20,21). The Kier molecular flexibility index (Phi) is 6.55. The molecule has 8 heteroatoms. The minimum absolute atomic E-state index is 0.0192. The Morgan fingerprint density at radius 3 is 1.96 bits per heavy atom. The Hall–Kier alpha value is -3.55. The van der Waals surface area contributed by atoms with E-state index in [-0.39, 0.29) is 12.4 Å². The summed E-state index contributed by atoms with van der Waals surface area (Å²) in [5.41, 5.74) is 11.6. The predicted octanol–water partition coefficient (Wildman–Crippen LogP) is 1.43. The molecule has 0 unspecified atom stereocenters. The van der Waals surface area contributed by atoms with E-state index in [0.29, 0.717) is 29.2 Å². The Balaban J connectivity index is 1.96. The molecule has 2 aromatic rings. The molecule has 0 radical (unpaired) electrons. The molecule has 0 saturated carbocycles. The number of nitrogens with two attached hydrogens (primary N) is 2. The molecule has 0 aliphatic carbocycles. The molecule has 0 aliphatic heterocycles. The SMILES string of the molecule is CCOc1ccc(C(=O)O/N=C(\N)c2ccc(OCC(N)=O)cc2)cc1. The minimum Gasteiger partial charge on any atom is -0.494 e. The van der Waals surface area contributed by atoms with E-state index < -0.39 is 11.9 Å². The van der Waals surface area contributed by atoms with E-state index in [1.54, 1.807) is 48.5 Å². The van der Waals surface area contributed by atoms with E-state index in [1.807, 2.05) is 6.92 Å². The third-order valence-electron chi connectivity index (χ3n) is 3.16. The summed E-state index contributed by atoms with van der Waals surface area (Å²) in [4.78, 5) is 27.5. The van der Waals surface area contributed by atoms with Gasteiger partial charge in [0.15, 0.2) is 12.4 Å². The molecular weight excluding hydrogens is 338 g/mol. The number of amidine groups is 1. The fraction of sp³-hybridized carbons (Fsp3) is 0.167. The zero-order valence-corrected chi connectivity index (χ0v) is 14.2. The summed E-state index contributed by atoms with van der Waals surface area (Å²) in [7, 11) is 0. The first-order chi connectivity index (χ1) is 12.5. The fourth-order valence-corrected chi connectivity index (χ4v) is 1.93. The van der Waals surface area contributed by atoms with E-state index in [1.165, 1.54) is 0 Å². The van der Waals surface area contributed by atoms with Crippen molar-refractivity contribution >= 4 is 17.7 Å². The summed E-state index contributed by atoms with van der Waals surface area (Å²) >= 11 is 0. The maximum atomic E-state index is 12.0. The molecule has 26 heavy (non-hydrogen) atoms. The summed E-state index contributed by atoms with van der Waals surface area (Å²) in [6, 6.07) is 12.9. The zero-order chi connectivity index (χ0) is 18.9. The maximum Gasteiger partial charge on any atom is 0.365 e. The minimum atomic E-state index is -0.641. The van der Waals surface area contributed by atoms with Crippen LogP contribution < -0.4 is 20.9 Å². The molecule has 136 valence electrons. The van der Waals surface area contributed by atoms with Gasteiger partial charge in [-0.1, -0.05) is 5.16 Å². The fourth-order valence-electron chi connectivity index (χ4n) is 1.93. The van der Waals surface area contributed by atoms with Crippen molar-refractivity contribution in [1.29, 1.82) is 0 Å². The van der Waals surface area contributed by atoms with Crippen LogP contribution in [-0.2, 0) is 9.63 Å². The lowest BCUT2D eigenvalue weighted by Gasteiger charge is -2.05. The van der Waals surface area contributed by atoms with Gasteiger partial charge in [-0.05, 0) is 55.5 Å². The second-order valence-corrected chi connectivity index (χ2v) is 5.09. The molecule has 0 heterocycles. The van der Waals surface area contributed by atoms with Gasteiger partial charge in [-0.15, -0.1) is 0 Å². The van der Waals surface area contributed by atoms with Gasteiger partial charge < -0.3 is 25.8 Å². The average molecular weight is 357 g/mol. The van der Waals surface area contributed by atoms with Crippen molar-refractivity contribution in [3.8, 4) is 11.5 Å². The van der Waals surface area contributed by atoms with Gasteiger partial charge in [0.05, 0.1) is 12.2 Å². The molecule has 0 spiro atoms. The Bertz CT molecular complexity index is 785. The first kappa shape index (κ1) is 18.8. The van der Waals surface area contributed by atoms with Gasteiger partial charge in [-0.3, -0.25) is 4.79 Å². The maximum absolute atomic E-state index is 12.0. The number of ether oxygens (including phenoxy) is 2. The largest absolute Gasteiger partial charge is 0.494 e. The van der Waals surface area contributed by atoms with E-state index >= 15 is 0 Å². The van der Waals surface area contributed by atoms with Crippen LogP contribution in [0.3, 0.4) is 0 Å². The number of amides is 1. The van der Waals surface area contributed by atoms with Crippen molar-refractivity contribution in [3.63, 3.8) is 0 Å². The summed E-state index contributed by atoms with van der Waals surface area (Å²) in [6.45, 7) is 2.19. The van der Waals surface area contributed by atoms with E-state index in [0.717, 1.165) is 0 Å². The first-order valence-corrected chi connectivity index (χ1v) is 7.78. The molecule has 8 nitrogen and oxygen atoms in total. The van der Waals surface area contributed by atoms with Crippen molar-refractivity contribution < 1.29 is 23.9 Å². The van der Waals surface area contributed by atoms with Crippen LogP contribution in [0.4, 0.5) is 0 Å². The second-order valence-electron chi connectivity index (χ2n) is 5.09. The number of benzene rings is 2. The van der Waals surface area contributed by atoms with Crippen molar-refractivity contribution in [1.82, 2.24) is 0 Å². The number of carbonyl (C=O) groups excluding carboxylic acids is 2. The molecule has 2 aromatic carbocycles. The van der Waals surface area contributed by atoms with Crippen LogP contribution in [0.25, 0.3) is 0 Å². The highest BCUT2D eigenvalue weighted by molar-refractivity contribution is 5.98. The number of primary amides is 1. The van der Waals surface area contributed by atoms with Gasteiger partial charge in [-0.25, -0.2) is 4.79 Å². The molecule has 4 N–H and O–H groups in total. The second kappa shape index (κ2) is 9.07. The van der Waals surface area contributed by atoms with Gasteiger partial charge in [-0.2, -0.15) is 0 Å². The van der Waals surface area contributed by atoms with Crippen molar-refractivity contribution in [2.24, 2.45) is 16.6 Å². The lowest BCUT2D eigenvalue weighted by molar-refractivity contribution is -0.119. The summed E-state index contributed by atoms with van der Waals surface area (Å²) < 4.78 is 10.4. The van der Waals surface area contributed by atoms with E-state index in [9.17, 15) is 9.59 Å². The zero-order valence-electron chi connectivity index (χ0n) is 14.2. The molecule has 0 atom stereocenters. The molecule has 0 fully saturated rings. The molecule has 2 rings (SSSR count). The average Bonchev–Trinajstić information content (AvgIpc) is 2.65. The van der Waals surface area contributed by atoms with E-state index in [2.05, 4.69) is 5.16 Å². The van der Waals surface area contributed by atoms with Crippen LogP contribution in [0.1, 0.15) is 22.8 Å². The molecule has 1 amide bonds. The summed E-state index contributed by atoms with van der Waals surface area (Å²) in [5.74, 6) is -0.0862. The molecule has 0 aromatic heterocycles. The monoisotopic (exact) mass is 357 g/mol. The number of rotatable bonds is 8. The molecule has 0 aliphatic rings. The number of hydrogen-bond donors (Lipinski definition) is 2. The highest BCUT2D eigenvalue weighted by Crippen LogP contribution is 2.14. The van der Waals surface area contributed by atoms with Crippen molar-refractivity contribution in [2.75, 3.05) is 13.2 Å². The number of carbonyl (C=O) groups is 2. The normalized spacial score (nSPS) is 10.9. The Morgan fingerprint density at radius 2 is 1.42 bits per heavy atom. The van der Waals surface area contributed by atoms with Crippen LogP contribution in [-0.4, -0.2) is 30.9 Å². The van der Waals surface area contributed by atoms with Gasteiger partial charge in [0, 0.05) is 5.56 Å². The molecular formula is C18H19N3O5. The van der Waals surface area contributed by atoms with Crippen LogP contribution >= 0.6 is 0 Å². The van der Waals surface area contributed by atoms with Crippen LogP contribution in [0.2, 0.25) is 0 Å². The predicted molar refractivity (Wildman–Crippen MR) is 94.9 cm³/mol. The number of hydrogen-bond acceptors (Lipinski definition) is 6. The van der Waals surface area contributed by atoms with Crippen LogP contribution in [0.15, 0.2) is 53.7 Å². The molecule has 0 saturated heterocycles. The summed E-state index contributed by atoms with van der Waals surface area (Å²) in [5, 5.41) is 3.63. The van der Waals surface area contributed by atoms with E-state index in [4.69, 9.17) is 25.8 Å². The van der Waals surface area contributed by atoms with Gasteiger partial charge in [0.25, 0.3) is 5.91 Å². The van der Waals surface area contributed by atoms with Crippen LogP contribution in [0, 0.1) is 0 Å².